The molecular formula is C8H15N3O2. The third-order valence-corrected chi connectivity index (χ3v) is 2.42. The van der Waals surface area contributed by atoms with Gasteiger partial charge >= 0.3 is 6.03 Å². The molecule has 0 aromatic carbocycles. The number of carbonyl (C=O) groups excluding carboxylic acids is 2. The second-order valence-corrected chi connectivity index (χ2v) is 3.47. The molecule has 0 heterocycles. The Morgan fingerprint density at radius 3 is 2.46 bits per heavy atom. The first-order chi connectivity index (χ1) is 6.09. The lowest BCUT2D eigenvalue weighted by Crippen LogP contribution is -2.43. The van der Waals surface area contributed by atoms with Gasteiger partial charge in [0.1, 0.15) is 0 Å². The summed E-state index contributed by atoms with van der Waals surface area (Å²) in [6.07, 6.45) is 3.25. The minimum atomic E-state index is -0.532. The molecule has 5 N–H and O–H groups in total. The van der Waals surface area contributed by atoms with E-state index in [1.54, 1.807) is 0 Å². The first-order valence-electron chi connectivity index (χ1n) is 4.45. The van der Waals surface area contributed by atoms with E-state index in [9.17, 15) is 9.59 Å². The van der Waals surface area contributed by atoms with E-state index >= 15 is 0 Å². The first-order valence-corrected chi connectivity index (χ1v) is 4.45. The Morgan fingerprint density at radius 1 is 1.23 bits per heavy atom. The molecule has 1 saturated carbocycles. The molecule has 13 heavy (non-hydrogen) atoms. The molecule has 0 aliphatic heterocycles. The smallest absolute Gasteiger partial charge is 0.312 e. The van der Waals surface area contributed by atoms with E-state index in [-0.39, 0.29) is 17.9 Å². The van der Waals surface area contributed by atoms with Crippen LogP contribution in [0.1, 0.15) is 25.7 Å². The highest BCUT2D eigenvalue weighted by molar-refractivity contribution is 5.77. The summed E-state index contributed by atoms with van der Waals surface area (Å²) in [7, 11) is 0. The topological polar surface area (TPSA) is 98.2 Å². The van der Waals surface area contributed by atoms with Crippen molar-refractivity contribution in [1.29, 1.82) is 0 Å². The van der Waals surface area contributed by atoms with Gasteiger partial charge in [-0.25, -0.2) is 4.79 Å². The maximum absolute atomic E-state index is 10.9. The predicted octanol–water partition coefficient (Wildman–Crippen LogP) is -0.301. The van der Waals surface area contributed by atoms with Gasteiger partial charge in [0.2, 0.25) is 5.91 Å². The standard InChI is InChI=1S/C8H15N3O2/c9-7(12)5-2-1-3-6(4-5)11-8(10)13/h5-6H,1-4H2,(H2,9,12)(H3,10,11,13). The van der Waals surface area contributed by atoms with Crippen molar-refractivity contribution in [3.8, 4) is 0 Å². The number of nitrogens with two attached hydrogens (primary N) is 2. The Labute approximate surface area is 76.8 Å². The molecule has 2 unspecified atom stereocenters. The number of rotatable bonds is 2. The van der Waals surface area contributed by atoms with Gasteiger partial charge in [0.05, 0.1) is 0 Å². The summed E-state index contributed by atoms with van der Waals surface area (Å²) in [4.78, 5) is 21.4. The van der Waals surface area contributed by atoms with E-state index in [2.05, 4.69) is 5.32 Å². The molecule has 0 aromatic rings. The molecule has 0 radical (unpaired) electrons. The zero-order valence-corrected chi connectivity index (χ0v) is 7.45. The Bertz CT molecular complexity index is 217. The fourth-order valence-electron chi connectivity index (χ4n) is 1.78. The van der Waals surface area contributed by atoms with Gasteiger partial charge in [0.25, 0.3) is 0 Å². The van der Waals surface area contributed by atoms with E-state index < -0.39 is 6.03 Å². The van der Waals surface area contributed by atoms with Crippen molar-refractivity contribution in [2.24, 2.45) is 17.4 Å². The van der Waals surface area contributed by atoms with E-state index in [0.717, 1.165) is 19.3 Å². The molecule has 0 aromatic heterocycles. The van der Waals surface area contributed by atoms with Gasteiger partial charge in [-0.1, -0.05) is 6.42 Å². The lowest BCUT2D eigenvalue weighted by molar-refractivity contribution is -0.122. The predicted molar refractivity (Wildman–Crippen MR) is 47.7 cm³/mol. The number of amides is 3. The summed E-state index contributed by atoms with van der Waals surface area (Å²) in [6, 6.07) is -0.515. The third kappa shape index (κ3) is 2.93. The van der Waals surface area contributed by atoms with Crippen LogP contribution in [0.15, 0.2) is 0 Å². The number of hydrogen-bond acceptors (Lipinski definition) is 2. The molecule has 3 amide bonds. The minimum absolute atomic E-state index is 0.0174. The maximum Gasteiger partial charge on any atom is 0.312 e. The molecular weight excluding hydrogens is 170 g/mol. The van der Waals surface area contributed by atoms with Gasteiger partial charge in [0.15, 0.2) is 0 Å². The quantitative estimate of drug-likeness (QED) is 0.550. The number of carbonyl (C=O) groups is 2. The lowest BCUT2D eigenvalue weighted by atomic mass is 9.85. The number of nitrogens with one attached hydrogen (secondary N) is 1. The van der Waals surface area contributed by atoms with E-state index in [4.69, 9.17) is 11.5 Å². The third-order valence-electron chi connectivity index (χ3n) is 2.42. The Kier molecular flexibility index (Phi) is 3.11. The van der Waals surface area contributed by atoms with Gasteiger partial charge in [-0.15, -0.1) is 0 Å². The molecule has 74 valence electrons. The van der Waals surface area contributed by atoms with Gasteiger partial charge in [-0.05, 0) is 19.3 Å². The number of hydrogen-bond donors (Lipinski definition) is 3. The zero-order valence-electron chi connectivity index (χ0n) is 7.45. The summed E-state index contributed by atoms with van der Waals surface area (Å²) in [5.74, 6) is -0.387. The van der Waals surface area contributed by atoms with Crippen molar-refractivity contribution in [3.63, 3.8) is 0 Å². The second-order valence-electron chi connectivity index (χ2n) is 3.47. The summed E-state index contributed by atoms with van der Waals surface area (Å²) in [6.45, 7) is 0. The molecule has 0 bridgehead atoms. The number of primary amides is 2. The molecule has 1 aliphatic carbocycles. The summed E-state index contributed by atoms with van der Waals surface area (Å²) in [5, 5.41) is 2.60. The molecule has 5 heteroatoms. The van der Waals surface area contributed by atoms with Crippen LogP contribution in [-0.4, -0.2) is 18.0 Å². The second kappa shape index (κ2) is 4.11. The monoisotopic (exact) mass is 185 g/mol. The SMILES string of the molecule is NC(=O)NC1CCCC(C(N)=O)C1. The van der Waals surface area contributed by atoms with Crippen LogP contribution in [0.2, 0.25) is 0 Å². The summed E-state index contributed by atoms with van der Waals surface area (Å²) in [5.41, 5.74) is 10.2. The molecule has 1 fully saturated rings. The average molecular weight is 185 g/mol. The van der Waals surface area contributed by atoms with Gasteiger partial charge in [-0.2, -0.15) is 0 Å². The van der Waals surface area contributed by atoms with Crippen molar-refractivity contribution in [3.05, 3.63) is 0 Å². The normalized spacial score (nSPS) is 28.0. The van der Waals surface area contributed by atoms with Crippen molar-refractivity contribution in [1.82, 2.24) is 5.32 Å². The van der Waals surface area contributed by atoms with Crippen LogP contribution < -0.4 is 16.8 Å². The molecule has 1 rings (SSSR count). The van der Waals surface area contributed by atoms with Crippen LogP contribution in [0.3, 0.4) is 0 Å². The zero-order chi connectivity index (χ0) is 9.84. The van der Waals surface area contributed by atoms with Crippen molar-refractivity contribution in [2.75, 3.05) is 0 Å². The Hall–Kier alpha value is -1.26. The van der Waals surface area contributed by atoms with E-state index in [0.29, 0.717) is 6.42 Å². The molecule has 1 aliphatic rings. The molecule has 5 nitrogen and oxygen atoms in total. The largest absolute Gasteiger partial charge is 0.369 e. The molecule has 0 spiro atoms. The maximum atomic E-state index is 10.9. The average Bonchev–Trinajstić information content (AvgIpc) is 2.03. The Morgan fingerprint density at radius 2 is 1.92 bits per heavy atom. The van der Waals surface area contributed by atoms with Crippen LogP contribution in [0.5, 0.6) is 0 Å². The fourth-order valence-corrected chi connectivity index (χ4v) is 1.78. The van der Waals surface area contributed by atoms with Gasteiger partial charge in [-0.3, -0.25) is 4.79 Å². The van der Waals surface area contributed by atoms with Crippen LogP contribution in [-0.2, 0) is 4.79 Å². The van der Waals surface area contributed by atoms with Gasteiger partial charge < -0.3 is 16.8 Å². The van der Waals surface area contributed by atoms with E-state index in [1.165, 1.54) is 0 Å². The van der Waals surface area contributed by atoms with Gasteiger partial charge in [0, 0.05) is 12.0 Å². The number of urea groups is 1. The lowest BCUT2D eigenvalue weighted by Gasteiger charge is -2.27. The van der Waals surface area contributed by atoms with Crippen LogP contribution in [0.4, 0.5) is 4.79 Å². The Balaban J connectivity index is 2.41. The summed E-state index contributed by atoms with van der Waals surface area (Å²) < 4.78 is 0. The fraction of sp³-hybridized carbons (Fsp3) is 0.750. The molecule has 0 saturated heterocycles. The highest BCUT2D eigenvalue weighted by Gasteiger charge is 2.25. The van der Waals surface area contributed by atoms with Crippen LogP contribution in [0.25, 0.3) is 0 Å². The van der Waals surface area contributed by atoms with E-state index in [1.807, 2.05) is 0 Å². The van der Waals surface area contributed by atoms with Crippen LogP contribution in [0, 0.1) is 5.92 Å². The highest BCUT2D eigenvalue weighted by Crippen LogP contribution is 2.23. The summed E-state index contributed by atoms with van der Waals surface area (Å²) >= 11 is 0. The van der Waals surface area contributed by atoms with Crippen LogP contribution >= 0.6 is 0 Å². The van der Waals surface area contributed by atoms with Crippen molar-refractivity contribution in [2.45, 2.75) is 31.7 Å². The molecule has 2 atom stereocenters. The highest BCUT2D eigenvalue weighted by atomic mass is 16.2. The van der Waals surface area contributed by atoms with Crippen molar-refractivity contribution >= 4 is 11.9 Å². The van der Waals surface area contributed by atoms with Crippen molar-refractivity contribution < 1.29 is 9.59 Å². The first kappa shape index (κ1) is 9.83. The minimum Gasteiger partial charge on any atom is -0.369 e.